The van der Waals surface area contributed by atoms with Gasteiger partial charge in [-0.05, 0) is 69.9 Å². The fourth-order valence-corrected chi connectivity index (χ4v) is 4.18. The topological polar surface area (TPSA) is 83.8 Å². The summed E-state index contributed by atoms with van der Waals surface area (Å²) >= 11 is 0. The van der Waals surface area contributed by atoms with E-state index in [1.807, 2.05) is 13.8 Å². The van der Waals surface area contributed by atoms with Crippen molar-refractivity contribution in [3.8, 4) is 11.5 Å². The van der Waals surface area contributed by atoms with Gasteiger partial charge < -0.3 is 14.9 Å². The van der Waals surface area contributed by atoms with Crippen LogP contribution in [0.1, 0.15) is 86.8 Å². The van der Waals surface area contributed by atoms with Gasteiger partial charge in [0.15, 0.2) is 12.1 Å². The minimum Gasteiger partial charge on any atom is -0.507 e. The highest BCUT2D eigenvalue weighted by Crippen LogP contribution is 2.38. The summed E-state index contributed by atoms with van der Waals surface area (Å²) in [6.07, 6.45) is 5.61. The van der Waals surface area contributed by atoms with Gasteiger partial charge in [0.1, 0.15) is 17.1 Å². The van der Waals surface area contributed by atoms with Crippen molar-refractivity contribution >= 4 is 12.1 Å². The summed E-state index contributed by atoms with van der Waals surface area (Å²) in [5, 5.41) is 20.8. The SMILES string of the molecule is Cc1c(C)c(C=O)c(O)c(CCC(C)CCCC(C)[C@@H]2CC(=O)C(C)(C)O2)c1O. The number of ketones is 1. The molecule has 29 heavy (non-hydrogen) atoms. The molecule has 5 nitrogen and oxygen atoms in total. The Bertz CT molecular complexity index is 765. The predicted molar refractivity (Wildman–Crippen MR) is 114 cm³/mol. The summed E-state index contributed by atoms with van der Waals surface area (Å²) in [6.45, 7) is 11.5. The third kappa shape index (κ3) is 5.19. The Kier molecular flexibility index (Phi) is 7.50. The molecule has 0 aliphatic carbocycles. The molecule has 3 atom stereocenters. The predicted octanol–water partition coefficient (Wildman–Crippen LogP) is 5.04. The zero-order valence-corrected chi connectivity index (χ0v) is 18.7. The Balaban J connectivity index is 1.85. The number of hydrogen-bond acceptors (Lipinski definition) is 5. The van der Waals surface area contributed by atoms with E-state index < -0.39 is 5.60 Å². The number of carbonyl (C=O) groups is 2. The number of aldehydes is 1. The van der Waals surface area contributed by atoms with Gasteiger partial charge in [-0.3, -0.25) is 9.59 Å². The third-order valence-electron chi connectivity index (χ3n) is 6.65. The Morgan fingerprint density at radius 1 is 1.10 bits per heavy atom. The second-order valence-electron chi connectivity index (χ2n) is 9.30. The highest BCUT2D eigenvalue weighted by Gasteiger charge is 2.41. The number of Topliss-reactive ketones (excluding diaryl/α,β-unsaturated/α-hetero) is 1. The monoisotopic (exact) mass is 404 g/mol. The smallest absolute Gasteiger partial charge is 0.166 e. The standard InChI is InChI=1S/C24H36O5/c1-14(8-7-9-15(2)20-12-21(26)24(5,6)29-20)10-11-18-22(27)17(4)16(3)19(13-25)23(18)28/h13-15,20,27-28H,7-12H2,1-6H3/t14?,15?,20-/m0/s1. The molecule has 0 aromatic heterocycles. The first-order valence-corrected chi connectivity index (χ1v) is 10.7. The molecule has 1 aliphatic rings. The number of phenols is 2. The van der Waals surface area contributed by atoms with Gasteiger partial charge in [0.05, 0.1) is 11.7 Å². The summed E-state index contributed by atoms with van der Waals surface area (Å²) in [7, 11) is 0. The molecule has 0 amide bonds. The van der Waals surface area contributed by atoms with Gasteiger partial charge in [-0.1, -0.05) is 26.7 Å². The number of benzene rings is 1. The van der Waals surface area contributed by atoms with Crippen molar-refractivity contribution in [1.82, 2.24) is 0 Å². The molecule has 0 spiro atoms. The quantitative estimate of drug-likeness (QED) is 0.563. The number of carbonyl (C=O) groups excluding carboxylic acids is 2. The lowest BCUT2D eigenvalue weighted by Crippen LogP contribution is -2.28. The molecule has 162 valence electrons. The first kappa shape index (κ1) is 23.4. The van der Waals surface area contributed by atoms with Crippen molar-refractivity contribution < 1.29 is 24.5 Å². The number of aromatic hydroxyl groups is 2. The Morgan fingerprint density at radius 2 is 1.76 bits per heavy atom. The molecular formula is C24H36O5. The van der Waals surface area contributed by atoms with Crippen molar-refractivity contribution in [1.29, 1.82) is 0 Å². The third-order valence-corrected chi connectivity index (χ3v) is 6.65. The fourth-order valence-electron chi connectivity index (χ4n) is 4.18. The summed E-state index contributed by atoms with van der Waals surface area (Å²) < 4.78 is 5.92. The number of rotatable bonds is 9. The summed E-state index contributed by atoms with van der Waals surface area (Å²) in [6, 6.07) is 0. The maximum absolute atomic E-state index is 12.0. The second kappa shape index (κ2) is 9.29. The summed E-state index contributed by atoms with van der Waals surface area (Å²) in [5.41, 5.74) is 1.36. The average Bonchev–Trinajstić information content (AvgIpc) is 2.93. The molecule has 2 unspecified atom stereocenters. The van der Waals surface area contributed by atoms with Crippen LogP contribution in [0.4, 0.5) is 0 Å². The van der Waals surface area contributed by atoms with Gasteiger partial charge in [0, 0.05) is 12.0 Å². The van der Waals surface area contributed by atoms with Crippen LogP contribution in [-0.4, -0.2) is 34.0 Å². The normalized spacial score (nSPS) is 20.6. The van der Waals surface area contributed by atoms with Crippen molar-refractivity contribution in [2.45, 2.75) is 91.8 Å². The van der Waals surface area contributed by atoms with Gasteiger partial charge in [-0.2, -0.15) is 0 Å². The van der Waals surface area contributed by atoms with E-state index in [0.29, 0.717) is 47.7 Å². The molecule has 2 N–H and O–H groups in total. The van der Waals surface area contributed by atoms with Crippen LogP contribution in [0, 0.1) is 25.7 Å². The van der Waals surface area contributed by atoms with Crippen molar-refractivity contribution in [3.63, 3.8) is 0 Å². The van der Waals surface area contributed by atoms with Crippen LogP contribution >= 0.6 is 0 Å². The minimum absolute atomic E-state index is 0.0130. The van der Waals surface area contributed by atoms with E-state index in [9.17, 15) is 19.8 Å². The van der Waals surface area contributed by atoms with Crippen molar-refractivity contribution in [2.24, 2.45) is 11.8 Å². The highest BCUT2D eigenvalue weighted by atomic mass is 16.5. The molecule has 0 saturated carbocycles. The molecule has 0 radical (unpaired) electrons. The van der Waals surface area contributed by atoms with E-state index in [0.717, 1.165) is 25.7 Å². The van der Waals surface area contributed by atoms with Crippen LogP contribution in [0.2, 0.25) is 0 Å². The molecule has 2 rings (SSSR count). The van der Waals surface area contributed by atoms with E-state index in [1.54, 1.807) is 13.8 Å². The minimum atomic E-state index is -0.650. The summed E-state index contributed by atoms with van der Waals surface area (Å²) in [4.78, 5) is 23.3. The maximum Gasteiger partial charge on any atom is 0.166 e. The van der Waals surface area contributed by atoms with E-state index >= 15 is 0 Å². The molecule has 1 aromatic rings. The lowest BCUT2D eigenvalue weighted by Gasteiger charge is -2.23. The lowest BCUT2D eigenvalue weighted by molar-refractivity contribution is -0.130. The van der Waals surface area contributed by atoms with E-state index in [4.69, 9.17) is 4.74 Å². The Morgan fingerprint density at radius 3 is 2.31 bits per heavy atom. The molecule has 0 bridgehead atoms. The van der Waals surface area contributed by atoms with Crippen LogP contribution in [-0.2, 0) is 16.0 Å². The van der Waals surface area contributed by atoms with Crippen LogP contribution in [0.15, 0.2) is 0 Å². The van der Waals surface area contributed by atoms with Gasteiger partial charge in [0.25, 0.3) is 0 Å². The molecule has 1 saturated heterocycles. The first-order valence-electron chi connectivity index (χ1n) is 10.7. The Hall–Kier alpha value is -1.88. The number of ether oxygens (including phenoxy) is 1. The van der Waals surface area contributed by atoms with E-state index in [2.05, 4.69) is 13.8 Å². The molecule has 1 aromatic carbocycles. The van der Waals surface area contributed by atoms with Crippen LogP contribution in [0.5, 0.6) is 11.5 Å². The second-order valence-corrected chi connectivity index (χ2v) is 9.30. The van der Waals surface area contributed by atoms with Gasteiger partial charge in [-0.25, -0.2) is 0 Å². The van der Waals surface area contributed by atoms with Gasteiger partial charge >= 0.3 is 0 Å². The Labute approximate surface area is 174 Å². The molecule has 1 aliphatic heterocycles. The largest absolute Gasteiger partial charge is 0.507 e. The molecule has 1 heterocycles. The van der Waals surface area contributed by atoms with E-state index in [1.165, 1.54) is 0 Å². The number of hydrogen-bond donors (Lipinski definition) is 2. The maximum atomic E-state index is 12.0. The van der Waals surface area contributed by atoms with Gasteiger partial charge in [-0.15, -0.1) is 0 Å². The fraction of sp³-hybridized carbons (Fsp3) is 0.667. The average molecular weight is 405 g/mol. The zero-order chi connectivity index (χ0) is 21.9. The zero-order valence-electron chi connectivity index (χ0n) is 18.7. The van der Waals surface area contributed by atoms with Gasteiger partial charge in [0.2, 0.25) is 0 Å². The van der Waals surface area contributed by atoms with E-state index in [-0.39, 0.29) is 28.9 Å². The van der Waals surface area contributed by atoms with Crippen LogP contribution in [0.25, 0.3) is 0 Å². The summed E-state index contributed by atoms with van der Waals surface area (Å²) in [5.74, 6) is 0.954. The molecular weight excluding hydrogens is 368 g/mol. The molecule has 5 heteroatoms. The van der Waals surface area contributed by atoms with Crippen molar-refractivity contribution in [2.75, 3.05) is 0 Å². The molecule has 1 fully saturated rings. The van der Waals surface area contributed by atoms with Crippen LogP contribution in [0.3, 0.4) is 0 Å². The highest BCUT2D eigenvalue weighted by molar-refractivity contribution is 5.88. The van der Waals surface area contributed by atoms with Crippen LogP contribution < -0.4 is 0 Å². The van der Waals surface area contributed by atoms with Crippen molar-refractivity contribution in [3.05, 3.63) is 22.3 Å². The number of phenolic OH excluding ortho intramolecular Hbond substituents is 2. The lowest BCUT2D eigenvalue weighted by atomic mass is 9.89. The first-order chi connectivity index (χ1) is 13.5.